The van der Waals surface area contributed by atoms with Gasteiger partial charge in [0.1, 0.15) is 0 Å². The molecule has 0 N–H and O–H groups in total. The van der Waals surface area contributed by atoms with Crippen LogP contribution in [0.3, 0.4) is 0 Å². The maximum absolute atomic E-state index is 5.10. The minimum Gasteiger partial charge on any atom is -0.309 e. The molecule has 0 amide bonds. The third-order valence-electron chi connectivity index (χ3n) is 28.3. The summed E-state index contributed by atoms with van der Waals surface area (Å²) in [5, 5.41) is 12.4. The lowest BCUT2D eigenvalue weighted by Gasteiger charge is -2.19. The molecule has 11 heterocycles. The molecule has 16 aromatic carbocycles. The Kier molecular flexibility index (Phi) is 22.5. The number of hydrogen-bond acceptors (Lipinski definition) is 9. The molecule has 0 aliphatic carbocycles. The lowest BCUT2D eigenvalue weighted by atomic mass is 9.85. The molecule has 0 aliphatic heterocycles. The summed E-state index contributed by atoms with van der Waals surface area (Å²) in [6.45, 7) is 18.0. The van der Waals surface area contributed by atoms with Gasteiger partial charge in [0.15, 0.2) is 17.5 Å². The number of benzene rings is 16. The molecular weight excluding hydrogens is 1790 g/mol. The van der Waals surface area contributed by atoms with E-state index >= 15 is 0 Å². The number of pyridine rings is 3. The molecule has 27 rings (SSSR count). The standard InChI is InChI=1S/C57H36N6.C41H38N4.C35H26N4/c1-2-14-37(15-3-1)49-36-50(48-20-12-13-33-58-48)60-57(59-49)38-25-27-39(28-26-38)61-55-31-29-40(62-51-21-8-4-16-42(51)43-17-5-9-22-52(43)62)34-46(55)47-35-41(30-32-56(47)61)63-53-23-10-6-18-44(53)45-19-7-11-24-54(45)63;1-40(2,3)29-17-21-37-32(24-29)33-25-30(41(4,5)6)18-22-38(33)45(37)31-19-15-28(16-20-31)39-43-35(27-12-8-7-9-13-27)26-36(44-39)34-14-10-11-23-42-34;1-23-11-17-33-28(20-23)29-21-24(2)12-18-34(29)39(33)27-15-13-26(14-16-27)35-37-31(25-8-4-3-5-9-25)22-32(38-35)30-10-6-7-19-36-30/h1-36H;7-26H,1-6H3;3-22H,1-2H3. The van der Waals surface area contributed by atoms with Gasteiger partial charge in [0.25, 0.3) is 0 Å². The molecule has 147 heavy (non-hydrogen) atoms. The second-order valence-corrected chi connectivity index (χ2v) is 39.9. The first kappa shape index (κ1) is 89.6. The second-order valence-electron chi connectivity index (χ2n) is 39.9. The van der Waals surface area contributed by atoms with Crippen molar-refractivity contribution < 1.29 is 0 Å². The third kappa shape index (κ3) is 16.7. The van der Waals surface area contributed by atoms with Crippen LogP contribution in [0.4, 0.5) is 0 Å². The molecule has 11 aromatic heterocycles. The van der Waals surface area contributed by atoms with Crippen molar-refractivity contribution in [3.63, 3.8) is 0 Å². The van der Waals surface area contributed by atoms with Crippen molar-refractivity contribution in [3.8, 4) is 131 Å². The molecule has 14 nitrogen and oxygen atoms in total. The van der Waals surface area contributed by atoms with E-state index in [9.17, 15) is 0 Å². The van der Waals surface area contributed by atoms with Crippen molar-refractivity contribution in [1.29, 1.82) is 0 Å². The predicted octanol–water partition coefficient (Wildman–Crippen LogP) is 33.3. The van der Waals surface area contributed by atoms with E-state index in [2.05, 4.69) is 409 Å². The number of fused-ring (bicyclic) bond motifs is 15. The first-order valence-corrected chi connectivity index (χ1v) is 50.0. The van der Waals surface area contributed by atoms with Gasteiger partial charge in [0.2, 0.25) is 0 Å². The van der Waals surface area contributed by atoms with Gasteiger partial charge in [-0.25, -0.2) is 29.9 Å². The molecular formula is C133H100N14. The average molecular weight is 1890 g/mol. The van der Waals surface area contributed by atoms with Crippen molar-refractivity contribution in [3.05, 3.63) is 484 Å². The molecule has 0 bridgehead atoms. The summed E-state index contributed by atoms with van der Waals surface area (Å²) in [4.78, 5) is 43.8. The molecule has 27 aromatic rings. The summed E-state index contributed by atoms with van der Waals surface area (Å²) in [7, 11) is 0. The van der Waals surface area contributed by atoms with Gasteiger partial charge in [-0.15, -0.1) is 0 Å². The van der Waals surface area contributed by atoms with Crippen LogP contribution < -0.4 is 0 Å². The zero-order valence-corrected chi connectivity index (χ0v) is 82.6. The maximum Gasteiger partial charge on any atom is 0.160 e. The van der Waals surface area contributed by atoms with E-state index in [0.717, 1.165) is 124 Å². The number of hydrogen-bond donors (Lipinski definition) is 0. The summed E-state index contributed by atoms with van der Waals surface area (Å²) in [5.74, 6) is 2.00. The average Bonchev–Trinajstić information content (AvgIpc) is 1.57. The number of aryl methyl sites for hydroxylation is 2. The zero-order valence-electron chi connectivity index (χ0n) is 82.6. The number of para-hydroxylation sites is 4. The highest BCUT2D eigenvalue weighted by Gasteiger charge is 2.26. The fraction of sp³-hybridized carbons (Fsp3) is 0.0752. The Morgan fingerprint density at radius 3 is 0.680 bits per heavy atom. The van der Waals surface area contributed by atoms with Crippen LogP contribution in [-0.2, 0) is 10.8 Å². The number of rotatable bonds is 14. The van der Waals surface area contributed by atoms with E-state index in [0.29, 0.717) is 17.5 Å². The van der Waals surface area contributed by atoms with Crippen LogP contribution in [0.25, 0.3) is 240 Å². The molecule has 0 radical (unpaired) electrons. The minimum absolute atomic E-state index is 0.0638. The summed E-state index contributed by atoms with van der Waals surface area (Å²) < 4.78 is 11.9. The maximum atomic E-state index is 5.10. The molecule has 0 atom stereocenters. The van der Waals surface area contributed by atoms with Gasteiger partial charge in [-0.2, -0.15) is 0 Å². The number of nitrogens with zero attached hydrogens (tertiary/aromatic N) is 14. The van der Waals surface area contributed by atoms with Gasteiger partial charge < -0.3 is 22.8 Å². The van der Waals surface area contributed by atoms with Crippen molar-refractivity contribution in [1.82, 2.24) is 67.7 Å². The van der Waals surface area contributed by atoms with Gasteiger partial charge in [-0.3, -0.25) is 15.0 Å². The lowest BCUT2D eigenvalue weighted by Crippen LogP contribution is -2.10. The Morgan fingerprint density at radius 2 is 0.395 bits per heavy atom. The minimum atomic E-state index is 0.0638. The summed E-state index contributed by atoms with van der Waals surface area (Å²) >= 11 is 0. The summed E-state index contributed by atoms with van der Waals surface area (Å²) in [6, 6.07) is 156. The largest absolute Gasteiger partial charge is 0.309 e. The molecule has 0 spiro atoms. The summed E-state index contributed by atoms with van der Waals surface area (Å²) in [5.41, 5.74) is 36.1. The fourth-order valence-corrected chi connectivity index (χ4v) is 20.9. The highest BCUT2D eigenvalue weighted by molar-refractivity contribution is 6.16. The van der Waals surface area contributed by atoms with Crippen LogP contribution in [0.2, 0.25) is 0 Å². The first-order chi connectivity index (χ1) is 71.9. The molecule has 14 heteroatoms. The number of aromatic nitrogens is 14. The van der Waals surface area contributed by atoms with Crippen molar-refractivity contribution >= 4 is 109 Å². The van der Waals surface area contributed by atoms with Crippen LogP contribution in [0.1, 0.15) is 63.8 Å². The normalized spacial score (nSPS) is 11.8. The van der Waals surface area contributed by atoms with Crippen LogP contribution >= 0.6 is 0 Å². The smallest absolute Gasteiger partial charge is 0.160 e. The monoisotopic (exact) mass is 1890 g/mol. The third-order valence-corrected chi connectivity index (χ3v) is 28.3. The van der Waals surface area contributed by atoms with E-state index in [1.807, 2.05) is 127 Å². The molecule has 0 unspecified atom stereocenters. The van der Waals surface area contributed by atoms with E-state index in [1.165, 1.54) is 120 Å². The van der Waals surface area contributed by atoms with Crippen molar-refractivity contribution in [2.24, 2.45) is 0 Å². The van der Waals surface area contributed by atoms with E-state index < -0.39 is 0 Å². The highest BCUT2D eigenvalue weighted by atomic mass is 15.0. The quantitative estimate of drug-likeness (QED) is 0.104. The molecule has 0 aliphatic rings. The van der Waals surface area contributed by atoms with Gasteiger partial charge in [-0.1, -0.05) is 259 Å². The highest BCUT2D eigenvalue weighted by Crippen LogP contribution is 2.45. The molecule has 0 saturated carbocycles. The molecule has 0 saturated heterocycles. The lowest BCUT2D eigenvalue weighted by molar-refractivity contribution is 0.590. The van der Waals surface area contributed by atoms with Gasteiger partial charge in [-0.05, 0) is 272 Å². The van der Waals surface area contributed by atoms with E-state index in [4.69, 9.17) is 29.9 Å². The molecule has 0 fully saturated rings. The SMILES string of the molecule is CC(C)(C)c1ccc2c(c1)c1cc(C(C)(C)C)ccc1n2-c1ccc(-c2nc(-c3ccccc3)cc(-c3ccccn3)n2)cc1.Cc1ccc2c(c1)c1cc(C)ccc1n2-c1ccc(-c2nc(-c3ccccc3)cc(-c3ccccn3)n2)cc1.c1ccc(-c2cc(-c3ccccn3)nc(-c3ccc(-n4c5ccc(-n6c7ccccc7c7ccccc76)cc5c5cc(-n6c7ccccc7c7ccccc76)ccc54)cc3)n2)cc1. The molecule has 702 valence electrons. The van der Waals surface area contributed by atoms with Crippen molar-refractivity contribution in [2.75, 3.05) is 0 Å². The predicted molar refractivity (Wildman–Crippen MR) is 607 cm³/mol. The summed E-state index contributed by atoms with van der Waals surface area (Å²) in [6.07, 6.45) is 5.40. The van der Waals surface area contributed by atoms with Crippen molar-refractivity contribution in [2.45, 2.75) is 66.2 Å². The Morgan fingerprint density at radius 1 is 0.163 bits per heavy atom. The Hall–Kier alpha value is -18.8. The van der Waals surface area contributed by atoms with Crippen LogP contribution in [0.15, 0.2) is 461 Å². The second kappa shape index (κ2) is 36.9. The van der Waals surface area contributed by atoms with Gasteiger partial charge >= 0.3 is 0 Å². The van der Waals surface area contributed by atoms with E-state index in [1.54, 1.807) is 18.6 Å². The Balaban J connectivity index is 0.000000119. The fourth-order valence-electron chi connectivity index (χ4n) is 20.9. The van der Waals surface area contributed by atoms with Crippen LogP contribution in [0, 0.1) is 13.8 Å². The van der Waals surface area contributed by atoms with Crippen LogP contribution in [-0.4, -0.2) is 67.7 Å². The Bertz CT molecular complexity index is 9140. The topological polar surface area (TPSA) is 141 Å². The first-order valence-electron chi connectivity index (χ1n) is 50.0. The van der Waals surface area contributed by atoms with Gasteiger partial charge in [0.05, 0.1) is 106 Å². The van der Waals surface area contributed by atoms with Crippen LogP contribution in [0.5, 0.6) is 0 Å². The Labute approximate surface area is 851 Å². The van der Waals surface area contributed by atoms with E-state index in [-0.39, 0.29) is 10.8 Å². The van der Waals surface area contributed by atoms with Gasteiger partial charge in [0, 0.05) is 134 Å². The zero-order chi connectivity index (χ0) is 99.1.